The highest BCUT2D eigenvalue weighted by Gasteiger charge is 2.40. The van der Waals surface area contributed by atoms with Gasteiger partial charge in [-0.1, -0.05) is 0 Å². The Kier molecular flexibility index (Phi) is 3.50. The second-order valence-corrected chi connectivity index (χ2v) is 4.65. The molecule has 0 aromatic heterocycles. The minimum atomic E-state index is -0.569. The third kappa shape index (κ3) is 2.69. The standard InChI is InChI=1S/C10H21N3O/c1-8(7-13(2)3)12-9(14)10(11)5-4-6-10/h8H,4-7,11H2,1-3H3,(H,12,14). The quantitative estimate of drug-likeness (QED) is 0.666. The van der Waals surface area contributed by atoms with Gasteiger partial charge in [-0.3, -0.25) is 4.79 Å². The van der Waals surface area contributed by atoms with E-state index in [4.69, 9.17) is 5.73 Å². The number of hydrogen-bond donors (Lipinski definition) is 2. The molecule has 1 fully saturated rings. The SMILES string of the molecule is CC(CN(C)C)NC(=O)C1(N)CCC1. The van der Waals surface area contributed by atoms with E-state index in [1.54, 1.807) is 0 Å². The number of hydrogen-bond acceptors (Lipinski definition) is 3. The number of amides is 1. The lowest BCUT2D eigenvalue weighted by Gasteiger charge is -2.37. The third-order valence-electron chi connectivity index (χ3n) is 2.71. The molecular formula is C10H21N3O. The predicted molar refractivity (Wildman–Crippen MR) is 56.9 cm³/mol. The molecule has 0 heterocycles. The van der Waals surface area contributed by atoms with Crippen molar-refractivity contribution in [1.82, 2.24) is 10.2 Å². The minimum Gasteiger partial charge on any atom is -0.351 e. The first-order chi connectivity index (χ1) is 6.44. The normalized spacial score (nSPS) is 21.5. The molecule has 1 unspecified atom stereocenters. The van der Waals surface area contributed by atoms with Gasteiger partial charge in [0.15, 0.2) is 0 Å². The van der Waals surface area contributed by atoms with Gasteiger partial charge in [-0.05, 0) is 40.3 Å². The summed E-state index contributed by atoms with van der Waals surface area (Å²) in [6.45, 7) is 2.85. The zero-order valence-corrected chi connectivity index (χ0v) is 9.34. The van der Waals surface area contributed by atoms with Gasteiger partial charge in [0.05, 0.1) is 5.54 Å². The molecule has 82 valence electrons. The van der Waals surface area contributed by atoms with Crippen molar-refractivity contribution in [3.05, 3.63) is 0 Å². The number of carbonyl (C=O) groups is 1. The largest absolute Gasteiger partial charge is 0.351 e. The van der Waals surface area contributed by atoms with Crippen LogP contribution in [0.15, 0.2) is 0 Å². The van der Waals surface area contributed by atoms with Gasteiger partial charge >= 0.3 is 0 Å². The first-order valence-electron chi connectivity index (χ1n) is 5.18. The lowest BCUT2D eigenvalue weighted by molar-refractivity contribution is -0.129. The molecule has 0 spiro atoms. The molecule has 0 aromatic carbocycles. The highest BCUT2D eigenvalue weighted by atomic mass is 16.2. The predicted octanol–water partition coefficient (Wildman–Crippen LogP) is -0.0659. The van der Waals surface area contributed by atoms with Gasteiger partial charge in [0.25, 0.3) is 0 Å². The maximum absolute atomic E-state index is 11.7. The molecule has 0 aliphatic heterocycles. The molecule has 1 amide bonds. The molecule has 1 aliphatic carbocycles. The molecule has 0 saturated heterocycles. The summed E-state index contributed by atoms with van der Waals surface area (Å²) in [5, 5.41) is 2.95. The molecule has 4 heteroatoms. The molecule has 1 aliphatic rings. The average Bonchev–Trinajstić information content (AvgIpc) is 1.97. The zero-order chi connectivity index (χ0) is 10.8. The summed E-state index contributed by atoms with van der Waals surface area (Å²) in [6, 6.07) is 0.165. The first kappa shape index (κ1) is 11.5. The summed E-state index contributed by atoms with van der Waals surface area (Å²) >= 11 is 0. The lowest BCUT2D eigenvalue weighted by atomic mass is 9.77. The van der Waals surface area contributed by atoms with Gasteiger partial charge in [0, 0.05) is 12.6 Å². The average molecular weight is 199 g/mol. The Balaban J connectivity index is 2.32. The van der Waals surface area contributed by atoms with Crippen LogP contribution in [0, 0.1) is 0 Å². The minimum absolute atomic E-state index is 0.0121. The van der Waals surface area contributed by atoms with Crippen molar-refractivity contribution in [1.29, 1.82) is 0 Å². The summed E-state index contributed by atoms with van der Waals surface area (Å²) in [5.74, 6) is 0.0121. The van der Waals surface area contributed by atoms with E-state index in [1.165, 1.54) is 0 Å². The van der Waals surface area contributed by atoms with E-state index in [2.05, 4.69) is 10.2 Å². The lowest BCUT2D eigenvalue weighted by Crippen LogP contribution is -2.60. The van der Waals surface area contributed by atoms with Crippen molar-refractivity contribution in [3.8, 4) is 0 Å². The number of nitrogens with one attached hydrogen (secondary N) is 1. The monoisotopic (exact) mass is 199 g/mol. The van der Waals surface area contributed by atoms with Crippen LogP contribution in [0.2, 0.25) is 0 Å². The third-order valence-corrected chi connectivity index (χ3v) is 2.71. The Hall–Kier alpha value is -0.610. The van der Waals surface area contributed by atoms with Crippen molar-refractivity contribution in [2.24, 2.45) is 5.73 Å². The fourth-order valence-electron chi connectivity index (χ4n) is 1.75. The van der Waals surface area contributed by atoms with Crippen molar-refractivity contribution in [2.75, 3.05) is 20.6 Å². The molecule has 3 N–H and O–H groups in total. The molecular weight excluding hydrogens is 178 g/mol. The summed E-state index contributed by atoms with van der Waals surface area (Å²) in [6.07, 6.45) is 2.73. The van der Waals surface area contributed by atoms with E-state index in [9.17, 15) is 4.79 Å². The Morgan fingerprint density at radius 1 is 1.57 bits per heavy atom. The number of nitrogens with zero attached hydrogens (tertiary/aromatic N) is 1. The Labute approximate surface area is 85.8 Å². The molecule has 14 heavy (non-hydrogen) atoms. The first-order valence-corrected chi connectivity index (χ1v) is 5.18. The molecule has 1 rings (SSSR count). The van der Waals surface area contributed by atoms with E-state index in [0.717, 1.165) is 25.8 Å². The maximum atomic E-state index is 11.7. The molecule has 1 atom stereocenters. The van der Waals surface area contributed by atoms with Crippen LogP contribution in [-0.2, 0) is 4.79 Å². The number of nitrogens with two attached hydrogens (primary N) is 1. The van der Waals surface area contributed by atoms with E-state index in [1.807, 2.05) is 21.0 Å². The van der Waals surface area contributed by atoms with Crippen molar-refractivity contribution >= 4 is 5.91 Å². The van der Waals surface area contributed by atoms with Crippen molar-refractivity contribution in [2.45, 2.75) is 37.8 Å². The Morgan fingerprint density at radius 2 is 2.14 bits per heavy atom. The van der Waals surface area contributed by atoms with Crippen LogP contribution in [0.4, 0.5) is 0 Å². The number of likely N-dealkylation sites (N-methyl/N-ethyl adjacent to an activating group) is 1. The molecule has 4 nitrogen and oxygen atoms in total. The Morgan fingerprint density at radius 3 is 2.50 bits per heavy atom. The van der Waals surface area contributed by atoms with Gasteiger partial charge < -0.3 is 16.0 Å². The smallest absolute Gasteiger partial charge is 0.240 e. The van der Waals surface area contributed by atoms with Crippen LogP contribution in [0.25, 0.3) is 0 Å². The van der Waals surface area contributed by atoms with Gasteiger partial charge in [-0.25, -0.2) is 0 Å². The molecule has 0 bridgehead atoms. The van der Waals surface area contributed by atoms with Gasteiger partial charge in [-0.2, -0.15) is 0 Å². The van der Waals surface area contributed by atoms with Crippen LogP contribution in [0.1, 0.15) is 26.2 Å². The molecule has 0 radical (unpaired) electrons. The summed E-state index contributed by atoms with van der Waals surface area (Å²) in [4.78, 5) is 13.7. The summed E-state index contributed by atoms with van der Waals surface area (Å²) < 4.78 is 0. The van der Waals surface area contributed by atoms with Crippen LogP contribution < -0.4 is 11.1 Å². The number of carbonyl (C=O) groups excluding carboxylic acids is 1. The maximum Gasteiger partial charge on any atom is 0.240 e. The summed E-state index contributed by atoms with van der Waals surface area (Å²) in [7, 11) is 3.98. The number of rotatable bonds is 4. The fourth-order valence-corrected chi connectivity index (χ4v) is 1.75. The van der Waals surface area contributed by atoms with E-state index >= 15 is 0 Å². The van der Waals surface area contributed by atoms with E-state index in [-0.39, 0.29) is 11.9 Å². The van der Waals surface area contributed by atoms with Gasteiger partial charge in [0.2, 0.25) is 5.91 Å². The molecule has 1 saturated carbocycles. The Bertz CT molecular complexity index is 211. The van der Waals surface area contributed by atoms with Crippen LogP contribution in [-0.4, -0.2) is 43.0 Å². The summed E-state index contributed by atoms with van der Waals surface area (Å²) in [5.41, 5.74) is 5.33. The zero-order valence-electron chi connectivity index (χ0n) is 9.34. The van der Waals surface area contributed by atoms with E-state index in [0.29, 0.717) is 0 Å². The van der Waals surface area contributed by atoms with Gasteiger partial charge in [0.1, 0.15) is 0 Å². The van der Waals surface area contributed by atoms with Crippen molar-refractivity contribution < 1.29 is 4.79 Å². The van der Waals surface area contributed by atoms with Crippen LogP contribution >= 0.6 is 0 Å². The van der Waals surface area contributed by atoms with Gasteiger partial charge in [-0.15, -0.1) is 0 Å². The fraction of sp³-hybridized carbons (Fsp3) is 0.900. The van der Waals surface area contributed by atoms with Crippen molar-refractivity contribution in [3.63, 3.8) is 0 Å². The van der Waals surface area contributed by atoms with Crippen LogP contribution in [0.3, 0.4) is 0 Å². The topological polar surface area (TPSA) is 58.4 Å². The highest BCUT2D eigenvalue weighted by molar-refractivity contribution is 5.87. The van der Waals surface area contributed by atoms with E-state index < -0.39 is 5.54 Å². The molecule has 0 aromatic rings. The highest BCUT2D eigenvalue weighted by Crippen LogP contribution is 2.29. The van der Waals surface area contributed by atoms with Crippen LogP contribution in [0.5, 0.6) is 0 Å². The second kappa shape index (κ2) is 4.28. The second-order valence-electron chi connectivity index (χ2n) is 4.65.